The van der Waals surface area contributed by atoms with Gasteiger partial charge in [0.15, 0.2) is 5.78 Å². The van der Waals surface area contributed by atoms with E-state index < -0.39 is 0 Å². The maximum atomic E-state index is 12.2. The third-order valence-corrected chi connectivity index (χ3v) is 4.73. The minimum Gasteiger partial charge on any atom is -0.321 e. The van der Waals surface area contributed by atoms with Crippen LogP contribution in [-0.2, 0) is 4.79 Å². The summed E-state index contributed by atoms with van der Waals surface area (Å²) in [5, 5.41) is 3.24. The molecule has 3 rings (SSSR count). The molecule has 0 saturated heterocycles. The number of hydrogen-bond donors (Lipinski definition) is 1. The summed E-state index contributed by atoms with van der Waals surface area (Å²) < 4.78 is 0.874. The van der Waals surface area contributed by atoms with Crippen LogP contribution in [0.15, 0.2) is 40.2 Å². The number of nitrogens with one attached hydrogen (secondary N) is 1. The summed E-state index contributed by atoms with van der Waals surface area (Å²) in [6.07, 6.45) is 1.36. The van der Waals surface area contributed by atoms with E-state index in [1.807, 2.05) is 0 Å². The Labute approximate surface area is 132 Å². The molecule has 1 aliphatic heterocycles. The molecule has 0 saturated carbocycles. The van der Waals surface area contributed by atoms with Crippen LogP contribution in [0.25, 0.3) is 5.57 Å². The number of rotatable bonds is 2. The van der Waals surface area contributed by atoms with Crippen molar-refractivity contribution in [3.05, 3.63) is 55.7 Å². The maximum Gasteiger partial charge on any atom is 0.256 e. The highest BCUT2D eigenvalue weighted by Gasteiger charge is 2.25. The van der Waals surface area contributed by atoms with Crippen LogP contribution in [0.3, 0.4) is 0 Å². The molecule has 100 valence electrons. The number of fused-ring (bicyclic) bond motifs is 1. The van der Waals surface area contributed by atoms with Gasteiger partial charge in [0, 0.05) is 22.3 Å². The smallest absolute Gasteiger partial charge is 0.256 e. The molecule has 20 heavy (non-hydrogen) atoms. The topological polar surface area (TPSA) is 46.2 Å². The second-order valence-electron chi connectivity index (χ2n) is 4.17. The zero-order valence-corrected chi connectivity index (χ0v) is 13.1. The van der Waals surface area contributed by atoms with Crippen LogP contribution < -0.4 is 5.32 Å². The SMILES string of the molecule is O=C1Nc2ccc(Cl)cc2C1=CC(=O)c1ccc(Br)s1. The third kappa shape index (κ3) is 2.44. The normalized spacial score (nSPS) is 15.3. The molecule has 0 bridgehead atoms. The standard InChI is InChI=1S/C14H7BrClNO2S/c15-13-4-3-12(20-13)11(18)6-9-8-5-7(16)1-2-10(8)17-14(9)19/h1-6H,(H,17,19). The predicted molar refractivity (Wildman–Crippen MR) is 84.4 cm³/mol. The Hall–Kier alpha value is -1.43. The van der Waals surface area contributed by atoms with Gasteiger partial charge in [-0.25, -0.2) is 0 Å². The highest BCUT2D eigenvalue weighted by Crippen LogP contribution is 2.34. The van der Waals surface area contributed by atoms with Crippen molar-refractivity contribution in [3.63, 3.8) is 0 Å². The van der Waals surface area contributed by atoms with Crippen molar-refractivity contribution in [2.75, 3.05) is 5.32 Å². The number of carbonyl (C=O) groups is 2. The summed E-state index contributed by atoms with van der Waals surface area (Å²) in [6, 6.07) is 8.62. The van der Waals surface area contributed by atoms with E-state index in [0.29, 0.717) is 26.7 Å². The van der Waals surface area contributed by atoms with Gasteiger partial charge in [-0.1, -0.05) is 11.6 Å². The number of thiophene rings is 1. The molecule has 1 aromatic heterocycles. The van der Waals surface area contributed by atoms with Crippen molar-refractivity contribution < 1.29 is 9.59 Å². The van der Waals surface area contributed by atoms with E-state index in [1.165, 1.54) is 17.4 Å². The average Bonchev–Trinajstić information content (AvgIpc) is 2.95. The van der Waals surface area contributed by atoms with Gasteiger partial charge in [-0.05, 0) is 46.3 Å². The maximum absolute atomic E-state index is 12.2. The van der Waals surface area contributed by atoms with Gasteiger partial charge >= 0.3 is 0 Å². The molecule has 0 fully saturated rings. The summed E-state index contributed by atoms with van der Waals surface area (Å²) in [6.45, 7) is 0. The lowest BCUT2D eigenvalue weighted by atomic mass is 10.1. The molecule has 1 aromatic carbocycles. The highest BCUT2D eigenvalue weighted by atomic mass is 79.9. The zero-order valence-electron chi connectivity index (χ0n) is 9.94. The van der Waals surface area contributed by atoms with Crippen molar-refractivity contribution in [2.24, 2.45) is 0 Å². The summed E-state index contributed by atoms with van der Waals surface area (Å²) in [4.78, 5) is 24.7. The number of carbonyl (C=O) groups excluding carboxylic acids is 2. The van der Waals surface area contributed by atoms with Gasteiger partial charge in [-0.2, -0.15) is 0 Å². The van der Waals surface area contributed by atoms with Crippen LogP contribution in [0, 0.1) is 0 Å². The van der Waals surface area contributed by atoms with E-state index in [1.54, 1.807) is 30.3 Å². The van der Waals surface area contributed by atoms with E-state index >= 15 is 0 Å². The molecule has 6 heteroatoms. The molecule has 0 aliphatic carbocycles. The second kappa shape index (κ2) is 5.16. The number of benzene rings is 1. The first kappa shape index (κ1) is 13.5. The van der Waals surface area contributed by atoms with Crippen LogP contribution in [0.2, 0.25) is 5.02 Å². The molecular weight excluding hydrogens is 362 g/mol. The van der Waals surface area contributed by atoms with Gasteiger partial charge < -0.3 is 5.32 Å². The molecule has 3 nitrogen and oxygen atoms in total. The number of amides is 1. The zero-order chi connectivity index (χ0) is 14.3. The summed E-state index contributed by atoms with van der Waals surface area (Å²) in [5.41, 5.74) is 1.68. The first-order valence-electron chi connectivity index (χ1n) is 5.67. The minimum atomic E-state index is -0.286. The van der Waals surface area contributed by atoms with Gasteiger partial charge in [-0.3, -0.25) is 9.59 Å². The van der Waals surface area contributed by atoms with Gasteiger partial charge in [0.25, 0.3) is 5.91 Å². The van der Waals surface area contributed by atoms with Crippen molar-refractivity contribution in [3.8, 4) is 0 Å². The van der Waals surface area contributed by atoms with E-state index in [-0.39, 0.29) is 11.7 Å². The Balaban J connectivity index is 2.02. The highest BCUT2D eigenvalue weighted by molar-refractivity contribution is 9.11. The van der Waals surface area contributed by atoms with E-state index in [4.69, 9.17) is 11.6 Å². The lowest BCUT2D eigenvalue weighted by Crippen LogP contribution is -2.05. The molecule has 0 spiro atoms. The lowest BCUT2D eigenvalue weighted by molar-refractivity contribution is -0.110. The number of halogens is 2. The number of hydrogen-bond acceptors (Lipinski definition) is 3. The lowest BCUT2D eigenvalue weighted by Gasteiger charge is -1.98. The molecule has 0 unspecified atom stereocenters. The molecule has 2 heterocycles. The van der Waals surface area contributed by atoms with Crippen LogP contribution in [-0.4, -0.2) is 11.7 Å². The molecule has 1 aliphatic rings. The monoisotopic (exact) mass is 367 g/mol. The largest absolute Gasteiger partial charge is 0.321 e. The van der Waals surface area contributed by atoms with Crippen LogP contribution in [0.5, 0.6) is 0 Å². The number of allylic oxidation sites excluding steroid dienone is 1. The van der Waals surface area contributed by atoms with Crippen LogP contribution >= 0.6 is 38.9 Å². The fourth-order valence-electron chi connectivity index (χ4n) is 1.95. The summed E-state index contributed by atoms with van der Waals surface area (Å²) in [5.74, 6) is -0.482. The Morgan fingerprint density at radius 1 is 1.30 bits per heavy atom. The fraction of sp³-hybridized carbons (Fsp3) is 0. The van der Waals surface area contributed by atoms with Gasteiger partial charge in [0.05, 0.1) is 14.2 Å². The van der Waals surface area contributed by atoms with Gasteiger partial charge in [0.2, 0.25) is 0 Å². The van der Waals surface area contributed by atoms with E-state index in [0.717, 1.165) is 3.79 Å². The Bertz CT molecular complexity index is 766. The molecule has 0 atom stereocenters. The first-order valence-corrected chi connectivity index (χ1v) is 7.66. The predicted octanol–water partition coefficient (Wildman–Crippen LogP) is 4.38. The number of ketones is 1. The van der Waals surface area contributed by atoms with Crippen LogP contribution in [0.1, 0.15) is 15.2 Å². The minimum absolute atomic E-state index is 0.196. The van der Waals surface area contributed by atoms with Crippen molar-refractivity contribution >= 4 is 61.8 Å². The third-order valence-electron chi connectivity index (χ3n) is 2.86. The summed E-state index contributed by atoms with van der Waals surface area (Å²) in [7, 11) is 0. The second-order valence-corrected chi connectivity index (χ2v) is 7.07. The molecule has 0 radical (unpaired) electrons. The summed E-state index contributed by atoms with van der Waals surface area (Å²) >= 11 is 10.6. The molecule has 1 amide bonds. The first-order chi connectivity index (χ1) is 9.54. The van der Waals surface area contributed by atoms with Crippen molar-refractivity contribution in [2.45, 2.75) is 0 Å². The van der Waals surface area contributed by atoms with Crippen molar-refractivity contribution in [1.29, 1.82) is 0 Å². The van der Waals surface area contributed by atoms with Gasteiger partial charge in [-0.15, -0.1) is 11.3 Å². The quantitative estimate of drug-likeness (QED) is 0.631. The molecule has 2 aromatic rings. The van der Waals surface area contributed by atoms with E-state index in [2.05, 4.69) is 21.2 Å². The van der Waals surface area contributed by atoms with E-state index in [9.17, 15) is 9.59 Å². The fourth-order valence-corrected chi connectivity index (χ4v) is 3.42. The molecule has 1 N–H and O–H groups in total. The Kier molecular flexibility index (Phi) is 3.50. The average molecular weight is 369 g/mol. The van der Waals surface area contributed by atoms with Crippen molar-refractivity contribution in [1.82, 2.24) is 0 Å². The number of anilines is 1. The van der Waals surface area contributed by atoms with Crippen LogP contribution in [0.4, 0.5) is 5.69 Å². The Morgan fingerprint density at radius 2 is 2.10 bits per heavy atom. The van der Waals surface area contributed by atoms with Gasteiger partial charge in [0.1, 0.15) is 0 Å². The molecular formula is C14H7BrClNO2S. The Morgan fingerprint density at radius 3 is 2.80 bits per heavy atom.